The van der Waals surface area contributed by atoms with E-state index >= 15 is 0 Å². The first-order valence-corrected chi connectivity index (χ1v) is 6.13. The first-order valence-electron chi connectivity index (χ1n) is 5.75. The molecular weight excluding hydrogens is 250 g/mol. The number of nitrogens with zero attached hydrogens (tertiary/aromatic N) is 2. The largest absolute Gasteiger partial charge is 0.367 e. The molecule has 0 saturated heterocycles. The smallest absolute Gasteiger partial charge is 0.134 e. The molecule has 2 aromatic heterocycles. The van der Waals surface area contributed by atoms with Crippen molar-refractivity contribution in [1.82, 2.24) is 9.97 Å². The minimum atomic E-state index is 0.249. The van der Waals surface area contributed by atoms with Crippen molar-refractivity contribution < 1.29 is 4.79 Å². The fourth-order valence-corrected chi connectivity index (χ4v) is 1.91. The van der Waals surface area contributed by atoms with Crippen LogP contribution in [0.2, 0.25) is 5.15 Å². The number of pyridine rings is 2. The molecule has 2 rings (SSSR count). The lowest BCUT2D eigenvalue weighted by molar-refractivity contribution is -0.107. The molecular formula is C13H14ClN3O. The number of nitrogens with one attached hydrogen (secondary N) is 1. The van der Waals surface area contributed by atoms with Crippen LogP contribution in [0.1, 0.15) is 19.5 Å². The van der Waals surface area contributed by atoms with Crippen molar-refractivity contribution in [1.29, 1.82) is 0 Å². The topological polar surface area (TPSA) is 54.9 Å². The van der Waals surface area contributed by atoms with Gasteiger partial charge < -0.3 is 10.1 Å². The Labute approximate surface area is 110 Å². The van der Waals surface area contributed by atoms with Crippen LogP contribution >= 0.6 is 11.6 Å². The van der Waals surface area contributed by atoms with E-state index in [1.54, 1.807) is 12.3 Å². The highest BCUT2D eigenvalue weighted by Crippen LogP contribution is 2.25. The molecule has 0 bridgehead atoms. The standard InChI is InChI=1S/C13H14ClN3O/c1-8(2)16-13-11-6-12(14)15-7-9(11)5-10(17-13)3-4-18/h4-8H,3H2,1-2H3,(H,16,17). The van der Waals surface area contributed by atoms with Crippen LogP contribution in [0.4, 0.5) is 5.82 Å². The number of aromatic nitrogens is 2. The summed E-state index contributed by atoms with van der Waals surface area (Å²) < 4.78 is 0. The van der Waals surface area contributed by atoms with Crippen LogP contribution < -0.4 is 5.32 Å². The van der Waals surface area contributed by atoms with Crippen LogP contribution in [0, 0.1) is 0 Å². The molecule has 0 aromatic carbocycles. The zero-order valence-corrected chi connectivity index (χ0v) is 11.0. The predicted octanol–water partition coefficient (Wildman–Crippen LogP) is 2.84. The van der Waals surface area contributed by atoms with E-state index in [9.17, 15) is 4.79 Å². The Hall–Kier alpha value is -1.68. The monoisotopic (exact) mass is 263 g/mol. The van der Waals surface area contributed by atoms with E-state index in [-0.39, 0.29) is 6.04 Å². The molecule has 0 unspecified atom stereocenters. The molecule has 0 amide bonds. The lowest BCUT2D eigenvalue weighted by Gasteiger charge is -2.13. The molecule has 0 atom stereocenters. The van der Waals surface area contributed by atoms with Gasteiger partial charge >= 0.3 is 0 Å². The number of rotatable bonds is 4. The van der Waals surface area contributed by atoms with Crippen LogP contribution in [0.5, 0.6) is 0 Å². The van der Waals surface area contributed by atoms with Crippen LogP contribution in [0.25, 0.3) is 10.8 Å². The Bertz CT molecular complexity index is 584. The summed E-state index contributed by atoms with van der Waals surface area (Å²) in [5, 5.41) is 5.53. The van der Waals surface area contributed by atoms with E-state index in [4.69, 9.17) is 11.6 Å². The molecule has 94 valence electrons. The van der Waals surface area contributed by atoms with Gasteiger partial charge in [-0.1, -0.05) is 11.6 Å². The summed E-state index contributed by atoms with van der Waals surface area (Å²) in [7, 11) is 0. The second kappa shape index (κ2) is 5.31. The van der Waals surface area contributed by atoms with Gasteiger partial charge in [0.1, 0.15) is 17.3 Å². The van der Waals surface area contributed by atoms with E-state index in [0.717, 1.165) is 28.6 Å². The third-order valence-corrected chi connectivity index (χ3v) is 2.66. The minimum absolute atomic E-state index is 0.249. The van der Waals surface area contributed by atoms with Crippen molar-refractivity contribution in [3.63, 3.8) is 0 Å². The van der Waals surface area contributed by atoms with Crippen molar-refractivity contribution >= 4 is 34.5 Å². The zero-order valence-electron chi connectivity index (χ0n) is 10.3. The third-order valence-electron chi connectivity index (χ3n) is 2.45. The predicted molar refractivity (Wildman–Crippen MR) is 73.1 cm³/mol. The normalized spacial score (nSPS) is 10.9. The number of halogens is 1. The second-order valence-corrected chi connectivity index (χ2v) is 4.75. The number of fused-ring (bicyclic) bond motifs is 1. The first-order chi connectivity index (χ1) is 8.60. The van der Waals surface area contributed by atoms with E-state index in [1.807, 2.05) is 19.9 Å². The second-order valence-electron chi connectivity index (χ2n) is 4.36. The molecule has 18 heavy (non-hydrogen) atoms. The SMILES string of the molecule is CC(C)Nc1nc(CC=O)cc2cnc(Cl)cc12. The lowest BCUT2D eigenvalue weighted by atomic mass is 10.1. The van der Waals surface area contributed by atoms with E-state index in [0.29, 0.717) is 11.6 Å². The van der Waals surface area contributed by atoms with Gasteiger partial charge in [0.2, 0.25) is 0 Å². The van der Waals surface area contributed by atoms with Gasteiger partial charge in [0.25, 0.3) is 0 Å². The van der Waals surface area contributed by atoms with Crippen molar-refractivity contribution in [3.05, 3.63) is 29.2 Å². The van der Waals surface area contributed by atoms with E-state index < -0.39 is 0 Å². The molecule has 0 aliphatic heterocycles. The molecule has 0 saturated carbocycles. The highest BCUT2D eigenvalue weighted by Gasteiger charge is 2.08. The van der Waals surface area contributed by atoms with Crippen LogP contribution in [-0.4, -0.2) is 22.3 Å². The fourth-order valence-electron chi connectivity index (χ4n) is 1.75. The van der Waals surface area contributed by atoms with Gasteiger partial charge in [-0.25, -0.2) is 9.97 Å². The molecule has 5 heteroatoms. The molecule has 2 heterocycles. The third kappa shape index (κ3) is 2.76. The van der Waals surface area contributed by atoms with Crippen molar-refractivity contribution in [3.8, 4) is 0 Å². The molecule has 2 aromatic rings. The average Bonchev–Trinajstić information content (AvgIpc) is 2.30. The van der Waals surface area contributed by atoms with Crippen LogP contribution in [0.3, 0.4) is 0 Å². The summed E-state index contributed by atoms with van der Waals surface area (Å²) in [6.45, 7) is 4.06. The molecule has 0 radical (unpaired) electrons. The minimum Gasteiger partial charge on any atom is -0.367 e. The number of aldehydes is 1. The summed E-state index contributed by atoms with van der Waals surface area (Å²) in [5.74, 6) is 0.739. The maximum Gasteiger partial charge on any atom is 0.134 e. The Balaban J connectivity index is 2.60. The van der Waals surface area contributed by atoms with Gasteiger partial charge in [-0.05, 0) is 26.0 Å². The van der Waals surface area contributed by atoms with Gasteiger partial charge in [0.15, 0.2) is 0 Å². The Morgan fingerprint density at radius 2 is 2.22 bits per heavy atom. The van der Waals surface area contributed by atoms with Crippen LogP contribution in [0.15, 0.2) is 18.3 Å². The maximum atomic E-state index is 10.6. The summed E-state index contributed by atoms with van der Waals surface area (Å²) in [4.78, 5) is 19.1. The Morgan fingerprint density at radius 1 is 1.44 bits per heavy atom. The van der Waals surface area contributed by atoms with Gasteiger partial charge in [-0.3, -0.25) is 0 Å². The summed E-state index contributed by atoms with van der Waals surface area (Å²) in [5.41, 5.74) is 0.727. The Morgan fingerprint density at radius 3 is 2.89 bits per heavy atom. The summed E-state index contributed by atoms with van der Waals surface area (Å²) in [6.07, 6.45) is 2.83. The van der Waals surface area contributed by atoms with Crippen LogP contribution in [-0.2, 0) is 11.2 Å². The molecule has 0 aliphatic carbocycles. The quantitative estimate of drug-likeness (QED) is 0.681. The number of carbonyl (C=O) groups is 1. The summed E-state index contributed by atoms with van der Waals surface area (Å²) in [6, 6.07) is 3.89. The van der Waals surface area contributed by atoms with Gasteiger partial charge in [0.05, 0.1) is 5.69 Å². The molecule has 0 fully saturated rings. The highest BCUT2D eigenvalue weighted by atomic mass is 35.5. The van der Waals surface area contributed by atoms with Gasteiger partial charge in [0, 0.05) is 29.4 Å². The van der Waals surface area contributed by atoms with Gasteiger partial charge in [-0.2, -0.15) is 0 Å². The average molecular weight is 264 g/mol. The fraction of sp³-hybridized carbons (Fsp3) is 0.308. The van der Waals surface area contributed by atoms with Gasteiger partial charge in [-0.15, -0.1) is 0 Å². The zero-order chi connectivity index (χ0) is 13.1. The highest BCUT2D eigenvalue weighted by molar-refractivity contribution is 6.30. The number of anilines is 1. The van der Waals surface area contributed by atoms with Crippen molar-refractivity contribution in [2.75, 3.05) is 5.32 Å². The van der Waals surface area contributed by atoms with E-state index in [1.165, 1.54) is 0 Å². The Kier molecular flexibility index (Phi) is 3.77. The molecule has 0 aliphatic rings. The number of carbonyl (C=O) groups excluding carboxylic acids is 1. The van der Waals surface area contributed by atoms with Crippen molar-refractivity contribution in [2.24, 2.45) is 0 Å². The van der Waals surface area contributed by atoms with Crippen molar-refractivity contribution in [2.45, 2.75) is 26.3 Å². The molecule has 4 nitrogen and oxygen atoms in total. The molecule has 0 spiro atoms. The summed E-state index contributed by atoms with van der Waals surface area (Å²) >= 11 is 5.91. The molecule has 1 N–H and O–H groups in total. The first kappa shape index (κ1) is 12.8. The van der Waals surface area contributed by atoms with E-state index in [2.05, 4.69) is 15.3 Å². The lowest BCUT2D eigenvalue weighted by Crippen LogP contribution is -2.12. The number of hydrogen-bond acceptors (Lipinski definition) is 4. The number of hydrogen-bond donors (Lipinski definition) is 1. The maximum absolute atomic E-state index is 10.6.